The minimum absolute atomic E-state index is 0.138. The van der Waals surface area contributed by atoms with Crippen molar-refractivity contribution in [3.8, 4) is 0 Å². The maximum atomic E-state index is 10.7. The molecular weight excluding hydrogens is 230 g/mol. The summed E-state index contributed by atoms with van der Waals surface area (Å²) in [5, 5.41) is 14.1. The third-order valence-electron chi connectivity index (χ3n) is 3.38. The average molecular weight is 249 g/mol. The van der Waals surface area contributed by atoms with Crippen LogP contribution in [0.5, 0.6) is 0 Å². The summed E-state index contributed by atoms with van der Waals surface area (Å²) in [6.45, 7) is 6.47. The summed E-state index contributed by atoms with van der Waals surface area (Å²) in [5.41, 5.74) is 0.971. The van der Waals surface area contributed by atoms with E-state index in [9.17, 15) is 10.1 Å². The summed E-state index contributed by atoms with van der Waals surface area (Å²) in [6, 6.07) is 7.65. The Morgan fingerprint density at radius 3 is 2.89 bits per heavy atom. The molecule has 1 fully saturated rings. The van der Waals surface area contributed by atoms with Crippen LogP contribution in [0.2, 0.25) is 0 Å². The number of nitrogens with one attached hydrogen (secondary N) is 1. The van der Waals surface area contributed by atoms with Crippen LogP contribution in [0.25, 0.3) is 0 Å². The summed E-state index contributed by atoms with van der Waals surface area (Å²) in [4.78, 5) is 12.8. The summed E-state index contributed by atoms with van der Waals surface area (Å²) in [6.07, 6.45) is 1.08. The van der Waals surface area contributed by atoms with Crippen molar-refractivity contribution in [2.45, 2.75) is 32.4 Å². The summed E-state index contributed by atoms with van der Waals surface area (Å²) < 4.78 is 0. The lowest BCUT2D eigenvalue weighted by Crippen LogP contribution is -2.31. The summed E-state index contributed by atoms with van der Waals surface area (Å²) >= 11 is 0. The highest BCUT2D eigenvalue weighted by Crippen LogP contribution is 2.21. The van der Waals surface area contributed by atoms with E-state index in [-0.39, 0.29) is 10.6 Å². The van der Waals surface area contributed by atoms with Gasteiger partial charge in [0.05, 0.1) is 4.92 Å². The van der Waals surface area contributed by atoms with Crippen molar-refractivity contribution < 1.29 is 4.92 Å². The number of non-ortho nitro benzene ring substituents is 1. The van der Waals surface area contributed by atoms with E-state index in [1.54, 1.807) is 12.1 Å². The second kappa shape index (κ2) is 5.35. The van der Waals surface area contributed by atoms with Crippen molar-refractivity contribution in [2.75, 3.05) is 18.4 Å². The SMILES string of the molecule is CC(C)N1CCC(Nc2cccc([N+](=O)[O-])c2)C1. The lowest BCUT2D eigenvalue weighted by molar-refractivity contribution is -0.384. The molecule has 98 valence electrons. The topological polar surface area (TPSA) is 58.4 Å². The zero-order chi connectivity index (χ0) is 13.1. The highest BCUT2D eigenvalue weighted by Gasteiger charge is 2.24. The van der Waals surface area contributed by atoms with Crippen molar-refractivity contribution in [2.24, 2.45) is 0 Å². The van der Waals surface area contributed by atoms with Gasteiger partial charge in [0, 0.05) is 43.0 Å². The van der Waals surface area contributed by atoms with Crippen LogP contribution >= 0.6 is 0 Å². The van der Waals surface area contributed by atoms with E-state index >= 15 is 0 Å². The normalized spacial score (nSPS) is 20.3. The lowest BCUT2D eigenvalue weighted by Gasteiger charge is -2.20. The first kappa shape index (κ1) is 12.8. The van der Waals surface area contributed by atoms with Crippen molar-refractivity contribution in [1.82, 2.24) is 4.90 Å². The molecule has 1 aliphatic heterocycles. The van der Waals surface area contributed by atoms with Gasteiger partial charge in [-0.25, -0.2) is 0 Å². The number of likely N-dealkylation sites (tertiary alicyclic amines) is 1. The van der Waals surface area contributed by atoms with E-state index in [4.69, 9.17) is 0 Å². The van der Waals surface area contributed by atoms with Gasteiger partial charge in [-0.15, -0.1) is 0 Å². The second-order valence-corrected chi connectivity index (χ2v) is 5.03. The van der Waals surface area contributed by atoms with Crippen molar-refractivity contribution >= 4 is 11.4 Å². The Balaban J connectivity index is 1.98. The van der Waals surface area contributed by atoms with Crippen LogP contribution in [-0.4, -0.2) is 35.0 Å². The molecule has 0 amide bonds. The van der Waals surface area contributed by atoms with Crippen LogP contribution in [-0.2, 0) is 0 Å². The van der Waals surface area contributed by atoms with Gasteiger partial charge in [0.2, 0.25) is 0 Å². The molecule has 0 aromatic heterocycles. The van der Waals surface area contributed by atoms with Gasteiger partial charge in [-0.2, -0.15) is 0 Å². The van der Waals surface area contributed by atoms with Crippen LogP contribution in [0, 0.1) is 10.1 Å². The van der Waals surface area contributed by atoms with Crippen LogP contribution in [0.3, 0.4) is 0 Å². The Bertz CT molecular complexity index is 434. The van der Waals surface area contributed by atoms with Gasteiger partial charge in [0.15, 0.2) is 0 Å². The van der Waals surface area contributed by atoms with Gasteiger partial charge in [-0.05, 0) is 26.3 Å². The van der Waals surface area contributed by atoms with Gasteiger partial charge in [0.1, 0.15) is 0 Å². The number of nitro groups is 1. The molecule has 1 N–H and O–H groups in total. The standard InChI is InChI=1S/C13H19N3O2/c1-10(2)15-7-6-12(9-15)14-11-4-3-5-13(8-11)16(17)18/h3-5,8,10,12,14H,6-7,9H2,1-2H3. The Labute approximate surface area is 107 Å². The third-order valence-corrected chi connectivity index (χ3v) is 3.38. The first-order valence-electron chi connectivity index (χ1n) is 6.31. The first-order chi connectivity index (χ1) is 8.56. The highest BCUT2D eigenvalue weighted by molar-refractivity contribution is 5.51. The van der Waals surface area contributed by atoms with E-state index < -0.39 is 0 Å². The number of nitro benzene ring substituents is 1. The molecule has 1 heterocycles. The largest absolute Gasteiger partial charge is 0.381 e. The number of benzene rings is 1. The van der Waals surface area contributed by atoms with Crippen LogP contribution < -0.4 is 5.32 Å². The molecule has 1 atom stereocenters. The number of anilines is 1. The monoisotopic (exact) mass is 249 g/mol. The van der Waals surface area contributed by atoms with E-state index in [0.29, 0.717) is 12.1 Å². The molecule has 1 aliphatic rings. The second-order valence-electron chi connectivity index (χ2n) is 5.03. The van der Waals surface area contributed by atoms with Gasteiger partial charge >= 0.3 is 0 Å². The number of hydrogen-bond donors (Lipinski definition) is 1. The van der Waals surface area contributed by atoms with Crippen LogP contribution in [0.1, 0.15) is 20.3 Å². The summed E-state index contributed by atoms with van der Waals surface area (Å²) in [5.74, 6) is 0. The number of hydrogen-bond acceptors (Lipinski definition) is 4. The maximum absolute atomic E-state index is 10.7. The Kier molecular flexibility index (Phi) is 3.81. The molecule has 0 spiro atoms. The molecule has 1 saturated heterocycles. The molecule has 1 unspecified atom stereocenters. The molecule has 0 saturated carbocycles. The quantitative estimate of drug-likeness (QED) is 0.658. The first-order valence-corrected chi connectivity index (χ1v) is 6.31. The van der Waals surface area contributed by atoms with E-state index in [1.807, 2.05) is 6.07 Å². The molecule has 2 rings (SSSR count). The fourth-order valence-electron chi connectivity index (χ4n) is 2.32. The Hall–Kier alpha value is -1.62. The predicted molar refractivity (Wildman–Crippen MR) is 71.8 cm³/mol. The molecule has 1 aromatic rings. The van der Waals surface area contributed by atoms with E-state index in [1.165, 1.54) is 6.07 Å². The minimum Gasteiger partial charge on any atom is -0.381 e. The minimum atomic E-state index is -0.361. The van der Waals surface area contributed by atoms with Crippen molar-refractivity contribution in [3.05, 3.63) is 34.4 Å². The highest BCUT2D eigenvalue weighted by atomic mass is 16.6. The van der Waals surface area contributed by atoms with Crippen molar-refractivity contribution in [3.63, 3.8) is 0 Å². The van der Waals surface area contributed by atoms with Gasteiger partial charge in [-0.1, -0.05) is 6.07 Å². The fraction of sp³-hybridized carbons (Fsp3) is 0.538. The van der Waals surface area contributed by atoms with Crippen LogP contribution in [0.4, 0.5) is 11.4 Å². The van der Waals surface area contributed by atoms with Crippen molar-refractivity contribution in [1.29, 1.82) is 0 Å². The van der Waals surface area contributed by atoms with E-state index in [2.05, 4.69) is 24.1 Å². The Morgan fingerprint density at radius 2 is 2.28 bits per heavy atom. The average Bonchev–Trinajstić information content (AvgIpc) is 2.78. The Morgan fingerprint density at radius 1 is 1.50 bits per heavy atom. The fourth-order valence-corrected chi connectivity index (χ4v) is 2.32. The zero-order valence-corrected chi connectivity index (χ0v) is 10.8. The number of nitrogens with zero attached hydrogens (tertiary/aromatic N) is 2. The van der Waals surface area contributed by atoms with Gasteiger partial charge in [0.25, 0.3) is 5.69 Å². The molecular formula is C13H19N3O2. The van der Waals surface area contributed by atoms with Gasteiger partial charge < -0.3 is 5.32 Å². The zero-order valence-electron chi connectivity index (χ0n) is 10.8. The molecule has 0 radical (unpaired) electrons. The predicted octanol–water partition coefficient (Wildman–Crippen LogP) is 2.49. The smallest absolute Gasteiger partial charge is 0.271 e. The molecule has 1 aromatic carbocycles. The molecule has 5 nitrogen and oxygen atoms in total. The molecule has 5 heteroatoms. The lowest BCUT2D eigenvalue weighted by atomic mass is 10.2. The number of rotatable bonds is 4. The molecule has 18 heavy (non-hydrogen) atoms. The molecule has 0 aliphatic carbocycles. The third kappa shape index (κ3) is 2.98. The van der Waals surface area contributed by atoms with Crippen LogP contribution in [0.15, 0.2) is 24.3 Å². The molecule has 0 bridgehead atoms. The van der Waals surface area contributed by atoms with E-state index in [0.717, 1.165) is 25.2 Å². The van der Waals surface area contributed by atoms with Gasteiger partial charge in [-0.3, -0.25) is 15.0 Å². The summed E-state index contributed by atoms with van der Waals surface area (Å²) in [7, 11) is 0. The maximum Gasteiger partial charge on any atom is 0.271 e.